The molecule has 1 unspecified atom stereocenters. The van der Waals surface area contributed by atoms with Crippen LogP contribution in [0.4, 0.5) is 0 Å². The Morgan fingerprint density at radius 1 is 1.19 bits per heavy atom. The van der Waals surface area contributed by atoms with Crippen LogP contribution in [0.3, 0.4) is 0 Å². The maximum atomic E-state index is 12.9. The number of ether oxygens (including phenoxy) is 3. The van der Waals surface area contributed by atoms with E-state index in [9.17, 15) is 4.79 Å². The fourth-order valence-electron chi connectivity index (χ4n) is 3.51. The largest absolute Gasteiger partial charge is 0.493 e. The van der Waals surface area contributed by atoms with Crippen molar-refractivity contribution < 1.29 is 19.0 Å². The van der Waals surface area contributed by atoms with Crippen molar-refractivity contribution in [2.24, 2.45) is 0 Å². The van der Waals surface area contributed by atoms with E-state index in [0.29, 0.717) is 42.7 Å². The third kappa shape index (κ3) is 3.50. The van der Waals surface area contributed by atoms with Crippen LogP contribution in [0.15, 0.2) is 12.1 Å². The molecule has 1 amide bonds. The number of fused-ring (bicyclic) bond motifs is 2. The molecule has 1 atom stereocenters. The highest BCUT2D eigenvalue weighted by molar-refractivity contribution is 7.80. The Bertz CT molecular complexity index is 656. The molecule has 26 heavy (non-hydrogen) atoms. The van der Waals surface area contributed by atoms with Crippen LogP contribution in [0.1, 0.15) is 31.4 Å². The predicted molar refractivity (Wildman–Crippen MR) is 103 cm³/mol. The van der Waals surface area contributed by atoms with E-state index in [0.717, 1.165) is 17.5 Å². The molecule has 0 aromatic heterocycles. The molecule has 6 nitrogen and oxygen atoms in total. The molecular weight excluding hydrogens is 352 g/mol. The standard InChI is InChI=1S/C19H26N2O4S/c1-12(2)25-7-5-6-20-18(22)15-8-13-9-16(23-3)17(24-4)10-14(13)11-21(15)19(20)26/h9-10,12,15H,5-8,11H2,1-4H3. The van der Waals surface area contributed by atoms with Crippen molar-refractivity contribution in [3.8, 4) is 11.5 Å². The summed E-state index contributed by atoms with van der Waals surface area (Å²) in [6.45, 7) is 5.85. The lowest BCUT2D eigenvalue weighted by molar-refractivity contribution is -0.128. The molecule has 2 heterocycles. The third-order valence-electron chi connectivity index (χ3n) is 4.84. The van der Waals surface area contributed by atoms with E-state index >= 15 is 0 Å². The number of benzene rings is 1. The predicted octanol–water partition coefficient (Wildman–Crippen LogP) is 2.37. The van der Waals surface area contributed by atoms with Gasteiger partial charge in [0.05, 0.1) is 20.3 Å². The van der Waals surface area contributed by atoms with Gasteiger partial charge in [0, 0.05) is 26.1 Å². The minimum absolute atomic E-state index is 0.0833. The monoisotopic (exact) mass is 378 g/mol. The van der Waals surface area contributed by atoms with E-state index in [1.54, 1.807) is 19.1 Å². The topological polar surface area (TPSA) is 51.2 Å². The molecule has 2 aliphatic heterocycles. The summed E-state index contributed by atoms with van der Waals surface area (Å²) >= 11 is 5.59. The zero-order valence-electron chi connectivity index (χ0n) is 15.8. The lowest BCUT2D eigenvalue weighted by Gasteiger charge is -2.31. The van der Waals surface area contributed by atoms with Gasteiger partial charge in [-0.3, -0.25) is 9.69 Å². The summed E-state index contributed by atoms with van der Waals surface area (Å²) < 4.78 is 16.4. The molecule has 2 aliphatic rings. The normalized spacial score (nSPS) is 19.0. The number of amides is 1. The van der Waals surface area contributed by atoms with Crippen LogP contribution in [-0.2, 0) is 22.5 Å². The third-order valence-corrected chi connectivity index (χ3v) is 5.30. The van der Waals surface area contributed by atoms with Gasteiger partial charge in [0.1, 0.15) is 6.04 Å². The molecule has 0 saturated carbocycles. The van der Waals surface area contributed by atoms with Crippen LogP contribution >= 0.6 is 12.2 Å². The zero-order valence-corrected chi connectivity index (χ0v) is 16.6. The highest BCUT2D eigenvalue weighted by Crippen LogP contribution is 2.37. The summed E-state index contributed by atoms with van der Waals surface area (Å²) in [4.78, 5) is 16.6. The molecule has 1 aromatic rings. The molecule has 0 bridgehead atoms. The fourth-order valence-corrected chi connectivity index (χ4v) is 3.88. The van der Waals surface area contributed by atoms with Crippen molar-refractivity contribution >= 4 is 23.2 Å². The lowest BCUT2D eigenvalue weighted by atomic mass is 9.94. The number of nitrogens with zero attached hydrogens (tertiary/aromatic N) is 2. The van der Waals surface area contributed by atoms with Gasteiger partial charge in [-0.1, -0.05) is 0 Å². The Morgan fingerprint density at radius 3 is 2.46 bits per heavy atom. The second kappa shape index (κ2) is 7.80. The maximum Gasteiger partial charge on any atom is 0.251 e. The van der Waals surface area contributed by atoms with Crippen molar-refractivity contribution in [2.45, 2.75) is 45.4 Å². The molecule has 142 valence electrons. The molecule has 0 N–H and O–H groups in total. The second-order valence-corrected chi connectivity index (χ2v) is 7.23. The van der Waals surface area contributed by atoms with E-state index in [1.807, 2.05) is 30.9 Å². The smallest absolute Gasteiger partial charge is 0.251 e. The molecule has 1 fully saturated rings. The quantitative estimate of drug-likeness (QED) is 0.536. The van der Waals surface area contributed by atoms with Crippen LogP contribution in [0, 0.1) is 0 Å². The van der Waals surface area contributed by atoms with Crippen LogP contribution in [0.2, 0.25) is 0 Å². The first-order valence-corrected chi connectivity index (χ1v) is 9.34. The van der Waals surface area contributed by atoms with E-state index in [1.165, 1.54) is 0 Å². The Hall–Kier alpha value is -1.86. The van der Waals surface area contributed by atoms with Crippen LogP contribution < -0.4 is 9.47 Å². The van der Waals surface area contributed by atoms with E-state index in [-0.39, 0.29) is 18.1 Å². The first kappa shape index (κ1) is 18.9. The summed E-state index contributed by atoms with van der Waals surface area (Å²) in [6.07, 6.45) is 1.61. The molecule has 0 spiro atoms. The molecule has 1 saturated heterocycles. The van der Waals surface area contributed by atoms with Gasteiger partial charge in [0.2, 0.25) is 0 Å². The van der Waals surface area contributed by atoms with Crippen LogP contribution in [-0.4, -0.2) is 60.3 Å². The fraction of sp³-hybridized carbons (Fsp3) is 0.579. The van der Waals surface area contributed by atoms with E-state index in [2.05, 4.69) is 0 Å². The summed E-state index contributed by atoms with van der Waals surface area (Å²) in [5.74, 6) is 1.47. The van der Waals surface area contributed by atoms with Gasteiger partial charge < -0.3 is 19.1 Å². The first-order valence-electron chi connectivity index (χ1n) is 8.93. The zero-order chi connectivity index (χ0) is 18.8. The van der Waals surface area contributed by atoms with Crippen LogP contribution in [0.25, 0.3) is 0 Å². The van der Waals surface area contributed by atoms with Crippen LogP contribution in [0.5, 0.6) is 11.5 Å². The Balaban J connectivity index is 1.74. The van der Waals surface area contributed by atoms with Gasteiger partial charge in [-0.2, -0.15) is 0 Å². The van der Waals surface area contributed by atoms with Crippen molar-refractivity contribution in [3.63, 3.8) is 0 Å². The van der Waals surface area contributed by atoms with Crippen molar-refractivity contribution in [1.82, 2.24) is 9.80 Å². The summed E-state index contributed by atoms with van der Waals surface area (Å²) in [5, 5.41) is 0.616. The first-order chi connectivity index (χ1) is 12.5. The molecule has 0 aliphatic carbocycles. The highest BCUT2D eigenvalue weighted by atomic mass is 32.1. The molecule has 1 aromatic carbocycles. The number of hydrogen-bond acceptors (Lipinski definition) is 5. The average molecular weight is 378 g/mol. The van der Waals surface area contributed by atoms with Crippen molar-refractivity contribution in [2.75, 3.05) is 27.4 Å². The van der Waals surface area contributed by atoms with Crippen molar-refractivity contribution in [1.29, 1.82) is 0 Å². The van der Waals surface area contributed by atoms with Gasteiger partial charge in [0.25, 0.3) is 5.91 Å². The Labute approximate surface area is 160 Å². The van der Waals surface area contributed by atoms with Gasteiger partial charge in [-0.05, 0) is 55.7 Å². The summed E-state index contributed by atoms with van der Waals surface area (Å²) in [5.41, 5.74) is 2.24. The van der Waals surface area contributed by atoms with Gasteiger partial charge >= 0.3 is 0 Å². The molecular formula is C19H26N2O4S. The highest BCUT2D eigenvalue weighted by Gasteiger charge is 2.44. The number of rotatable bonds is 7. The number of thiocarbonyl (C=S) groups is 1. The molecule has 7 heteroatoms. The Morgan fingerprint density at radius 2 is 1.85 bits per heavy atom. The maximum absolute atomic E-state index is 12.9. The summed E-state index contributed by atoms with van der Waals surface area (Å²) in [6, 6.07) is 3.73. The number of carbonyl (C=O) groups excluding carboxylic acids is 1. The SMILES string of the molecule is COc1cc2c(cc1OC)CN1C(=S)N(CCCOC(C)C)C(=O)C1C2. The van der Waals surface area contributed by atoms with Crippen molar-refractivity contribution in [3.05, 3.63) is 23.3 Å². The minimum Gasteiger partial charge on any atom is -0.493 e. The minimum atomic E-state index is -0.223. The van der Waals surface area contributed by atoms with Gasteiger partial charge in [0.15, 0.2) is 16.6 Å². The number of methoxy groups -OCH3 is 2. The number of carbonyl (C=O) groups is 1. The summed E-state index contributed by atoms with van der Waals surface area (Å²) in [7, 11) is 3.25. The molecule has 0 radical (unpaired) electrons. The number of hydrogen-bond donors (Lipinski definition) is 0. The second-order valence-electron chi connectivity index (χ2n) is 6.87. The van der Waals surface area contributed by atoms with Gasteiger partial charge in [-0.15, -0.1) is 0 Å². The average Bonchev–Trinajstić information content (AvgIpc) is 2.86. The lowest BCUT2D eigenvalue weighted by Crippen LogP contribution is -2.40. The van der Waals surface area contributed by atoms with Gasteiger partial charge in [-0.25, -0.2) is 0 Å². The Kier molecular flexibility index (Phi) is 5.67. The van der Waals surface area contributed by atoms with E-state index in [4.69, 9.17) is 26.4 Å². The van der Waals surface area contributed by atoms with E-state index < -0.39 is 0 Å². The molecule has 3 rings (SSSR count).